The minimum absolute atomic E-state index is 0.0421. The molecule has 0 unspecified atom stereocenters. The summed E-state index contributed by atoms with van der Waals surface area (Å²) in [6, 6.07) is -0.203. The standard InChI is InChI=1S/C8H16N2O2/c1-9-7(12)10-8(6-11)4-2-3-5-8/h11H,2-6H2,1H3,(H2,9,10,12). The quantitative estimate of drug-likeness (QED) is 0.558. The van der Waals surface area contributed by atoms with Crippen molar-refractivity contribution in [3.8, 4) is 0 Å². The van der Waals surface area contributed by atoms with Gasteiger partial charge in [0, 0.05) is 7.05 Å². The second kappa shape index (κ2) is 3.76. The Morgan fingerprint density at radius 2 is 2.08 bits per heavy atom. The van der Waals surface area contributed by atoms with Gasteiger partial charge in [0.2, 0.25) is 0 Å². The summed E-state index contributed by atoms with van der Waals surface area (Å²) >= 11 is 0. The lowest BCUT2D eigenvalue weighted by Gasteiger charge is -2.27. The van der Waals surface area contributed by atoms with Crippen LogP contribution >= 0.6 is 0 Å². The molecule has 0 spiro atoms. The van der Waals surface area contributed by atoms with Crippen LogP contribution in [0.15, 0.2) is 0 Å². The van der Waals surface area contributed by atoms with Crippen LogP contribution in [0.1, 0.15) is 25.7 Å². The van der Waals surface area contributed by atoms with Gasteiger partial charge >= 0.3 is 6.03 Å². The Balaban J connectivity index is 2.49. The first-order valence-electron chi connectivity index (χ1n) is 4.33. The number of hydrogen-bond acceptors (Lipinski definition) is 2. The highest BCUT2D eigenvalue weighted by Gasteiger charge is 2.34. The van der Waals surface area contributed by atoms with E-state index in [-0.39, 0.29) is 18.2 Å². The molecular weight excluding hydrogens is 156 g/mol. The average Bonchev–Trinajstić information content (AvgIpc) is 2.54. The molecule has 3 N–H and O–H groups in total. The van der Waals surface area contributed by atoms with Gasteiger partial charge in [-0.3, -0.25) is 0 Å². The molecule has 1 aliphatic rings. The molecule has 0 heterocycles. The molecule has 0 atom stereocenters. The molecule has 1 aliphatic carbocycles. The van der Waals surface area contributed by atoms with Crippen LogP contribution < -0.4 is 10.6 Å². The highest BCUT2D eigenvalue weighted by atomic mass is 16.3. The Labute approximate surface area is 72.3 Å². The largest absolute Gasteiger partial charge is 0.394 e. The number of aliphatic hydroxyl groups is 1. The van der Waals surface area contributed by atoms with E-state index >= 15 is 0 Å². The number of carbonyl (C=O) groups excluding carboxylic acids is 1. The van der Waals surface area contributed by atoms with Crippen molar-refractivity contribution in [3.63, 3.8) is 0 Å². The molecule has 0 aromatic rings. The molecule has 12 heavy (non-hydrogen) atoms. The molecule has 1 saturated carbocycles. The van der Waals surface area contributed by atoms with E-state index in [1.165, 1.54) is 0 Å². The summed E-state index contributed by atoms with van der Waals surface area (Å²) in [5.41, 5.74) is -0.347. The summed E-state index contributed by atoms with van der Waals surface area (Å²) in [6.07, 6.45) is 3.95. The first kappa shape index (κ1) is 9.32. The van der Waals surface area contributed by atoms with Crippen LogP contribution in [0.3, 0.4) is 0 Å². The highest BCUT2D eigenvalue weighted by molar-refractivity contribution is 5.74. The predicted molar refractivity (Wildman–Crippen MR) is 45.9 cm³/mol. The smallest absolute Gasteiger partial charge is 0.315 e. The van der Waals surface area contributed by atoms with Crippen LogP contribution in [0, 0.1) is 0 Å². The van der Waals surface area contributed by atoms with Crippen molar-refractivity contribution in [2.75, 3.05) is 13.7 Å². The van der Waals surface area contributed by atoms with Crippen LogP contribution in [-0.2, 0) is 0 Å². The normalized spacial score (nSPS) is 20.5. The number of aliphatic hydroxyl groups excluding tert-OH is 1. The van der Waals surface area contributed by atoms with Crippen LogP contribution in [0.2, 0.25) is 0 Å². The van der Waals surface area contributed by atoms with Gasteiger partial charge in [-0.15, -0.1) is 0 Å². The molecule has 70 valence electrons. The lowest BCUT2D eigenvalue weighted by Crippen LogP contribution is -2.52. The zero-order chi connectivity index (χ0) is 9.03. The Hall–Kier alpha value is -0.770. The highest BCUT2D eigenvalue weighted by Crippen LogP contribution is 2.28. The molecule has 0 bridgehead atoms. The molecule has 0 aromatic heterocycles. The van der Waals surface area contributed by atoms with E-state index in [4.69, 9.17) is 5.11 Å². The van der Waals surface area contributed by atoms with Gasteiger partial charge in [0.25, 0.3) is 0 Å². The zero-order valence-corrected chi connectivity index (χ0v) is 7.39. The van der Waals surface area contributed by atoms with Gasteiger partial charge in [0.15, 0.2) is 0 Å². The molecule has 0 saturated heterocycles. The monoisotopic (exact) mass is 172 g/mol. The van der Waals surface area contributed by atoms with Gasteiger partial charge in [-0.1, -0.05) is 12.8 Å². The second-order valence-corrected chi connectivity index (χ2v) is 3.35. The van der Waals surface area contributed by atoms with Crippen molar-refractivity contribution < 1.29 is 9.90 Å². The Morgan fingerprint density at radius 1 is 1.50 bits per heavy atom. The molecule has 0 aliphatic heterocycles. The van der Waals surface area contributed by atoms with Gasteiger partial charge < -0.3 is 15.7 Å². The van der Waals surface area contributed by atoms with Crippen molar-refractivity contribution in [3.05, 3.63) is 0 Å². The first-order valence-corrected chi connectivity index (χ1v) is 4.33. The van der Waals surface area contributed by atoms with E-state index in [0.29, 0.717) is 0 Å². The van der Waals surface area contributed by atoms with Gasteiger partial charge in [-0.25, -0.2) is 4.79 Å². The van der Waals surface area contributed by atoms with E-state index in [0.717, 1.165) is 25.7 Å². The molecule has 4 nitrogen and oxygen atoms in total. The zero-order valence-electron chi connectivity index (χ0n) is 7.39. The SMILES string of the molecule is CNC(=O)NC1(CO)CCCC1. The van der Waals surface area contributed by atoms with Crippen molar-refractivity contribution in [1.29, 1.82) is 0 Å². The van der Waals surface area contributed by atoms with Crippen LogP contribution in [0.25, 0.3) is 0 Å². The summed E-state index contributed by atoms with van der Waals surface area (Å²) in [7, 11) is 1.58. The van der Waals surface area contributed by atoms with Crippen molar-refractivity contribution >= 4 is 6.03 Å². The Bertz CT molecular complexity index is 164. The molecular formula is C8H16N2O2. The van der Waals surface area contributed by atoms with Gasteiger partial charge in [0.1, 0.15) is 0 Å². The summed E-state index contributed by atoms with van der Waals surface area (Å²) in [6.45, 7) is 0.0421. The maximum absolute atomic E-state index is 11.0. The van der Waals surface area contributed by atoms with Gasteiger partial charge in [0.05, 0.1) is 12.1 Å². The van der Waals surface area contributed by atoms with Crippen molar-refractivity contribution in [2.24, 2.45) is 0 Å². The lowest BCUT2D eigenvalue weighted by atomic mass is 9.99. The Kier molecular flexibility index (Phi) is 2.92. The lowest BCUT2D eigenvalue weighted by molar-refractivity contribution is 0.163. The third-order valence-corrected chi connectivity index (χ3v) is 2.47. The number of nitrogens with one attached hydrogen (secondary N) is 2. The summed E-state index contributed by atoms with van der Waals surface area (Å²) in [4.78, 5) is 11.0. The minimum atomic E-state index is -0.347. The van der Waals surface area contributed by atoms with Crippen LogP contribution in [0.5, 0.6) is 0 Å². The third kappa shape index (κ3) is 1.88. The van der Waals surface area contributed by atoms with E-state index < -0.39 is 0 Å². The van der Waals surface area contributed by atoms with E-state index in [1.807, 2.05) is 0 Å². The van der Waals surface area contributed by atoms with E-state index in [9.17, 15) is 4.79 Å². The average molecular weight is 172 g/mol. The van der Waals surface area contributed by atoms with Gasteiger partial charge in [-0.05, 0) is 12.8 Å². The maximum Gasteiger partial charge on any atom is 0.315 e. The summed E-state index contributed by atoms with van der Waals surface area (Å²) in [5.74, 6) is 0. The predicted octanol–water partition coefficient (Wildman–Crippen LogP) is 0.220. The number of urea groups is 1. The second-order valence-electron chi connectivity index (χ2n) is 3.35. The fourth-order valence-corrected chi connectivity index (χ4v) is 1.68. The minimum Gasteiger partial charge on any atom is -0.394 e. The van der Waals surface area contributed by atoms with Crippen molar-refractivity contribution in [1.82, 2.24) is 10.6 Å². The summed E-state index contributed by atoms with van der Waals surface area (Å²) < 4.78 is 0. The third-order valence-electron chi connectivity index (χ3n) is 2.47. The number of amides is 2. The van der Waals surface area contributed by atoms with Gasteiger partial charge in [-0.2, -0.15) is 0 Å². The molecule has 4 heteroatoms. The fourth-order valence-electron chi connectivity index (χ4n) is 1.68. The van der Waals surface area contributed by atoms with E-state index in [2.05, 4.69) is 10.6 Å². The van der Waals surface area contributed by atoms with Crippen LogP contribution in [-0.4, -0.2) is 30.3 Å². The molecule has 1 rings (SSSR count). The first-order chi connectivity index (χ1) is 5.72. The number of rotatable bonds is 2. The topological polar surface area (TPSA) is 61.4 Å². The maximum atomic E-state index is 11.0. The van der Waals surface area contributed by atoms with E-state index in [1.54, 1.807) is 7.05 Å². The van der Waals surface area contributed by atoms with Crippen molar-refractivity contribution in [2.45, 2.75) is 31.2 Å². The fraction of sp³-hybridized carbons (Fsp3) is 0.875. The summed E-state index contributed by atoms with van der Waals surface area (Å²) in [5, 5.41) is 14.4. The molecule has 2 amide bonds. The number of carbonyl (C=O) groups is 1. The molecule has 0 aromatic carbocycles. The van der Waals surface area contributed by atoms with Crippen LogP contribution in [0.4, 0.5) is 4.79 Å². The molecule has 1 fully saturated rings. The number of hydrogen-bond donors (Lipinski definition) is 3. The molecule has 0 radical (unpaired) electrons. The Morgan fingerprint density at radius 3 is 2.50 bits per heavy atom.